The summed E-state index contributed by atoms with van der Waals surface area (Å²) in [7, 11) is 0. The Morgan fingerprint density at radius 3 is 2.85 bits per heavy atom. The summed E-state index contributed by atoms with van der Waals surface area (Å²) in [6, 6.07) is 7.95. The van der Waals surface area contributed by atoms with Gasteiger partial charge in [0.05, 0.1) is 0 Å². The highest BCUT2D eigenvalue weighted by atomic mass is 35.5. The fraction of sp³-hybridized carbons (Fsp3) is 0.400. The lowest BCUT2D eigenvalue weighted by atomic mass is 10.1. The third-order valence-corrected chi connectivity index (χ3v) is 2.33. The van der Waals surface area contributed by atoms with E-state index < -0.39 is 0 Å². The van der Waals surface area contributed by atoms with Crippen LogP contribution in [-0.4, -0.2) is 11.7 Å². The zero-order chi connectivity index (χ0) is 8.39. The van der Waals surface area contributed by atoms with E-state index in [1.807, 2.05) is 12.1 Å². The maximum atomic E-state index is 9.25. The zero-order valence-electron chi connectivity index (χ0n) is 7.36. The van der Waals surface area contributed by atoms with Crippen molar-refractivity contribution >= 4 is 12.4 Å². The normalized spacial score (nSPS) is 21.1. The Labute approximate surface area is 84.4 Å². The summed E-state index contributed by atoms with van der Waals surface area (Å²) < 4.78 is 0. The molecule has 13 heavy (non-hydrogen) atoms. The van der Waals surface area contributed by atoms with Gasteiger partial charge in [-0.05, 0) is 37.1 Å². The second-order valence-corrected chi connectivity index (χ2v) is 3.24. The lowest BCUT2D eigenvalue weighted by molar-refractivity contribution is 0.473. The van der Waals surface area contributed by atoms with Crippen molar-refractivity contribution in [2.45, 2.75) is 18.9 Å². The second kappa shape index (κ2) is 4.49. The van der Waals surface area contributed by atoms with Gasteiger partial charge < -0.3 is 10.4 Å². The second-order valence-electron chi connectivity index (χ2n) is 3.24. The summed E-state index contributed by atoms with van der Waals surface area (Å²) in [5.41, 5.74) is 1.20. The molecule has 1 aromatic rings. The van der Waals surface area contributed by atoms with Gasteiger partial charge in [-0.3, -0.25) is 0 Å². The number of rotatable bonds is 1. The van der Waals surface area contributed by atoms with Gasteiger partial charge in [0.25, 0.3) is 0 Å². The molecule has 2 nitrogen and oxygen atoms in total. The summed E-state index contributed by atoms with van der Waals surface area (Å²) in [5.74, 6) is 0.362. The van der Waals surface area contributed by atoms with E-state index in [1.165, 1.54) is 18.4 Å². The number of phenols is 1. The summed E-state index contributed by atoms with van der Waals surface area (Å²) in [6.07, 6.45) is 2.42. The highest BCUT2D eigenvalue weighted by Crippen LogP contribution is 2.24. The number of hydrogen-bond donors (Lipinski definition) is 2. The number of benzene rings is 1. The molecular weight excluding hydrogens is 186 g/mol. The van der Waals surface area contributed by atoms with Gasteiger partial charge in [-0.15, -0.1) is 12.4 Å². The molecule has 2 N–H and O–H groups in total. The molecule has 0 saturated carbocycles. The molecule has 1 heterocycles. The first-order chi connectivity index (χ1) is 5.86. The molecule has 1 atom stereocenters. The van der Waals surface area contributed by atoms with Gasteiger partial charge in [0.2, 0.25) is 0 Å². The van der Waals surface area contributed by atoms with Crippen molar-refractivity contribution in [3.8, 4) is 5.75 Å². The highest BCUT2D eigenvalue weighted by molar-refractivity contribution is 5.85. The first-order valence-corrected chi connectivity index (χ1v) is 4.38. The lowest BCUT2D eigenvalue weighted by Crippen LogP contribution is -2.12. The van der Waals surface area contributed by atoms with Crippen LogP contribution in [0.1, 0.15) is 24.4 Å². The largest absolute Gasteiger partial charge is 0.508 e. The molecule has 0 amide bonds. The van der Waals surface area contributed by atoms with Crippen molar-refractivity contribution in [2.24, 2.45) is 0 Å². The molecule has 0 aliphatic carbocycles. The van der Waals surface area contributed by atoms with Crippen molar-refractivity contribution in [1.82, 2.24) is 5.32 Å². The molecule has 72 valence electrons. The van der Waals surface area contributed by atoms with Crippen LogP contribution in [0.25, 0.3) is 0 Å². The number of phenolic OH excluding ortho intramolecular Hbond substituents is 1. The van der Waals surface area contributed by atoms with Crippen molar-refractivity contribution in [3.63, 3.8) is 0 Å². The average Bonchev–Trinajstić information content (AvgIpc) is 2.56. The van der Waals surface area contributed by atoms with Gasteiger partial charge in [-0.2, -0.15) is 0 Å². The Morgan fingerprint density at radius 2 is 2.23 bits per heavy atom. The smallest absolute Gasteiger partial charge is 0.115 e. The van der Waals surface area contributed by atoms with Gasteiger partial charge in [0, 0.05) is 6.04 Å². The molecular formula is C10H14ClNO. The molecule has 0 aromatic heterocycles. The standard InChI is InChI=1S/C10H13NO.ClH/c12-9-4-1-3-8(7-9)10-5-2-6-11-10;/h1,3-4,7,10-12H,2,5-6H2;1H. The van der Waals surface area contributed by atoms with Crippen molar-refractivity contribution in [3.05, 3.63) is 29.8 Å². The fourth-order valence-corrected chi connectivity index (χ4v) is 1.71. The molecule has 1 aliphatic heterocycles. The summed E-state index contributed by atoms with van der Waals surface area (Å²) in [5, 5.41) is 12.6. The Hall–Kier alpha value is -0.730. The number of aromatic hydroxyl groups is 1. The first kappa shape index (κ1) is 10.4. The number of hydrogen-bond acceptors (Lipinski definition) is 2. The highest BCUT2D eigenvalue weighted by Gasteiger charge is 2.15. The van der Waals surface area contributed by atoms with Gasteiger partial charge in [0.1, 0.15) is 5.75 Å². The van der Waals surface area contributed by atoms with Crippen LogP contribution in [0.2, 0.25) is 0 Å². The number of halogens is 1. The van der Waals surface area contributed by atoms with Crippen LogP contribution in [0.4, 0.5) is 0 Å². The molecule has 1 aromatic carbocycles. The molecule has 3 heteroatoms. The van der Waals surface area contributed by atoms with Crippen LogP contribution in [0.5, 0.6) is 5.75 Å². The quantitative estimate of drug-likeness (QED) is 0.727. The third kappa shape index (κ3) is 2.36. The summed E-state index contributed by atoms with van der Waals surface area (Å²) in [4.78, 5) is 0. The van der Waals surface area contributed by atoms with Crippen LogP contribution in [0, 0.1) is 0 Å². The zero-order valence-corrected chi connectivity index (χ0v) is 8.18. The Bertz CT molecular complexity index is 271. The van der Waals surface area contributed by atoms with E-state index in [-0.39, 0.29) is 12.4 Å². The molecule has 0 bridgehead atoms. The molecule has 0 spiro atoms. The minimum Gasteiger partial charge on any atom is -0.508 e. The van der Waals surface area contributed by atoms with E-state index in [2.05, 4.69) is 11.4 Å². The average molecular weight is 200 g/mol. The van der Waals surface area contributed by atoms with Gasteiger partial charge in [0.15, 0.2) is 0 Å². The van der Waals surface area contributed by atoms with E-state index >= 15 is 0 Å². The molecule has 0 radical (unpaired) electrons. The monoisotopic (exact) mass is 199 g/mol. The topological polar surface area (TPSA) is 32.3 Å². The van der Waals surface area contributed by atoms with Crippen molar-refractivity contribution in [2.75, 3.05) is 6.54 Å². The number of nitrogens with one attached hydrogen (secondary N) is 1. The van der Waals surface area contributed by atoms with Crippen LogP contribution in [0.3, 0.4) is 0 Å². The predicted octanol–water partition coefficient (Wildman–Crippen LogP) is 2.24. The summed E-state index contributed by atoms with van der Waals surface area (Å²) in [6.45, 7) is 1.10. The molecule has 1 unspecified atom stereocenters. The van der Waals surface area contributed by atoms with Crippen LogP contribution < -0.4 is 5.32 Å². The van der Waals surface area contributed by atoms with Crippen LogP contribution in [0.15, 0.2) is 24.3 Å². The molecule has 2 rings (SSSR count). The lowest BCUT2D eigenvalue weighted by Gasteiger charge is -2.09. The maximum absolute atomic E-state index is 9.25. The third-order valence-electron chi connectivity index (χ3n) is 2.33. The van der Waals surface area contributed by atoms with E-state index in [9.17, 15) is 5.11 Å². The van der Waals surface area contributed by atoms with E-state index in [0.717, 1.165) is 6.54 Å². The van der Waals surface area contributed by atoms with E-state index in [1.54, 1.807) is 6.07 Å². The van der Waals surface area contributed by atoms with Gasteiger partial charge >= 0.3 is 0 Å². The van der Waals surface area contributed by atoms with E-state index in [4.69, 9.17) is 0 Å². The van der Waals surface area contributed by atoms with Gasteiger partial charge in [-0.1, -0.05) is 12.1 Å². The summed E-state index contributed by atoms with van der Waals surface area (Å²) >= 11 is 0. The molecule has 1 aliphatic rings. The Balaban J connectivity index is 0.000000845. The predicted molar refractivity (Wildman–Crippen MR) is 55.3 cm³/mol. The Morgan fingerprint density at radius 1 is 1.38 bits per heavy atom. The van der Waals surface area contributed by atoms with Crippen molar-refractivity contribution in [1.29, 1.82) is 0 Å². The van der Waals surface area contributed by atoms with Crippen LogP contribution >= 0.6 is 12.4 Å². The Kier molecular flexibility index (Phi) is 3.58. The minimum absolute atomic E-state index is 0. The molecule has 1 fully saturated rings. The fourth-order valence-electron chi connectivity index (χ4n) is 1.71. The van der Waals surface area contributed by atoms with E-state index in [0.29, 0.717) is 11.8 Å². The van der Waals surface area contributed by atoms with Gasteiger partial charge in [-0.25, -0.2) is 0 Å². The first-order valence-electron chi connectivity index (χ1n) is 4.38. The van der Waals surface area contributed by atoms with Crippen molar-refractivity contribution < 1.29 is 5.11 Å². The maximum Gasteiger partial charge on any atom is 0.115 e. The SMILES string of the molecule is Cl.Oc1cccc(C2CCCN2)c1. The molecule has 1 saturated heterocycles. The van der Waals surface area contributed by atoms with Crippen LogP contribution in [-0.2, 0) is 0 Å². The minimum atomic E-state index is 0.